The molecule has 0 saturated carbocycles. The van der Waals surface area contributed by atoms with E-state index in [2.05, 4.69) is 148 Å². The monoisotopic (exact) mass is 1190 g/mol. The van der Waals surface area contributed by atoms with Gasteiger partial charge in [-0.15, -0.1) is 0 Å². The lowest BCUT2D eigenvalue weighted by Crippen LogP contribution is -2.37. The number of carbonyl (C=O) groups is 2. The molecule has 2 atom stereocenters. The number of rotatable bonds is 61. The van der Waals surface area contributed by atoms with Crippen molar-refractivity contribution in [3.8, 4) is 0 Å². The van der Waals surface area contributed by atoms with E-state index >= 15 is 0 Å². The number of allylic oxidation sites excluding steroid dienone is 22. The second-order valence-corrected chi connectivity index (χ2v) is 24.9. The standard InChI is InChI=1S/C74H126NO8P/c1-6-8-10-12-14-16-18-20-22-24-26-28-30-32-34-35-36-37-38-39-41-43-45-47-49-51-53-55-57-59-61-63-65-67-74(77)83-72(71-82-84(78,79)81-69-68-75(3,4)5)70-80-73(76)66-64-62-60-58-56-54-52-50-48-46-44-42-40-33-31-29-27-25-23-21-19-17-15-13-11-9-7-2/h8,10,14,16,19-22,25-28,32,34,36-37,39,41,45,47,51,53,72H,6-7,9,11-13,15,17-18,23-24,29-31,33,35,38,40,42-44,46,48-50,52,54-71H2,1-5H3/b10-8-,16-14-,21-19-,22-20-,27-25-,28-26-,34-32-,37-36-,41-39-,47-45-,53-51-. The van der Waals surface area contributed by atoms with Gasteiger partial charge in [0.15, 0.2) is 6.10 Å². The number of hydrogen-bond acceptors (Lipinski definition) is 8. The van der Waals surface area contributed by atoms with Crippen LogP contribution in [0.2, 0.25) is 0 Å². The molecule has 480 valence electrons. The van der Waals surface area contributed by atoms with Gasteiger partial charge in [0, 0.05) is 12.8 Å². The van der Waals surface area contributed by atoms with Crippen molar-refractivity contribution in [3.05, 3.63) is 134 Å². The highest BCUT2D eigenvalue weighted by atomic mass is 31.2. The Labute approximate surface area is 517 Å². The van der Waals surface area contributed by atoms with Gasteiger partial charge in [-0.05, 0) is 116 Å². The van der Waals surface area contributed by atoms with Crippen molar-refractivity contribution in [2.24, 2.45) is 0 Å². The summed E-state index contributed by atoms with van der Waals surface area (Å²) in [6.07, 6.45) is 92.3. The van der Waals surface area contributed by atoms with Gasteiger partial charge in [-0.2, -0.15) is 0 Å². The maximum Gasteiger partial charge on any atom is 0.306 e. The van der Waals surface area contributed by atoms with Gasteiger partial charge in [0.25, 0.3) is 7.82 Å². The minimum Gasteiger partial charge on any atom is -0.756 e. The molecule has 0 rings (SSSR count). The lowest BCUT2D eigenvalue weighted by molar-refractivity contribution is -0.870. The van der Waals surface area contributed by atoms with E-state index in [1.165, 1.54) is 122 Å². The Morgan fingerprint density at radius 3 is 1.01 bits per heavy atom. The van der Waals surface area contributed by atoms with Crippen molar-refractivity contribution in [2.75, 3.05) is 47.5 Å². The second kappa shape index (κ2) is 63.6. The van der Waals surface area contributed by atoms with Gasteiger partial charge >= 0.3 is 11.9 Å². The lowest BCUT2D eigenvalue weighted by atomic mass is 10.0. The van der Waals surface area contributed by atoms with Crippen molar-refractivity contribution in [3.63, 3.8) is 0 Å². The van der Waals surface area contributed by atoms with Crippen LogP contribution in [0.1, 0.15) is 271 Å². The fourth-order valence-corrected chi connectivity index (χ4v) is 9.70. The molecule has 0 saturated heterocycles. The highest BCUT2D eigenvalue weighted by molar-refractivity contribution is 7.45. The van der Waals surface area contributed by atoms with Crippen LogP contribution in [0.15, 0.2) is 134 Å². The number of phosphoric acid groups is 1. The van der Waals surface area contributed by atoms with Crippen LogP contribution >= 0.6 is 7.82 Å². The van der Waals surface area contributed by atoms with E-state index in [4.69, 9.17) is 18.5 Å². The van der Waals surface area contributed by atoms with Crippen molar-refractivity contribution in [2.45, 2.75) is 277 Å². The number of unbranched alkanes of at least 4 members (excludes halogenated alkanes) is 25. The molecule has 0 aromatic heterocycles. The van der Waals surface area contributed by atoms with Crippen molar-refractivity contribution >= 4 is 19.8 Å². The summed E-state index contributed by atoms with van der Waals surface area (Å²) in [6, 6.07) is 0. The third-order valence-electron chi connectivity index (χ3n) is 14.2. The Bertz CT molecular complexity index is 1880. The van der Waals surface area contributed by atoms with Crippen LogP contribution in [0, 0.1) is 0 Å². The Morgan fingerprint density at radius 2 is 0.679 bits per heavy atom. The second-order valence-electron chi connectivity index (χ2n) is 23.5. The molecule has 0 aromatic rings. The van der Waals surface area contributed by atoms with Gasteiger partial charge in [0.05, 0.1) is 27.7 Å². The lowest BCUT2D eigenvalue weighted by Gasteiger charge is -2.28. The largest absolute Gasteiger partial charge is 0.756 e. The summed E-state index contributed by atoms with van der Waals surface area (Å²) in [5.41, 5.74) is 0. The maximum absolute atomic E-state index is 12.8. The van der Waals surface area contributed by atoms with Gasteiger partial charge in [-0.25, -0.2) is 0 Å². The van der Waals surface area contributed by atoms with E-state index in [1.807, 2.05) is 21.1 Å². The zero-order chi connectivity index (χ0) is 61.2. The third kappa shape index (κ3) is 67.3. The molecule has 0 heterocycles. The molecule has 0 aliphatic heterocycles. The van der Waals surface area contributed by atoms with E-state index in [9.17, 15) is 19.0 Å². The molecule has 0 aliphatic rings. The fourth-order valence-electron chi connectivity index (χ4n) is 8.97. The maximum atomic E-state index is 12.8. The molecule has 0 aromatic carbocycles. The molecule has 2 unspecified atom stereocenters. The van der Waals surface area contributed by atoms with E-state index in [1.54, 1.807) is 0 Å². The topological polar surface area (TPSA) is 111 Å². The molecule has 9 nitrogen and oxygen atoms in total. The normalized spacial score (nSPS) is 14.0. The van der Waals surface area contributed by atoms with Gasteiger partial charge in [-0.3, -0.25) is 14.2 Å². The highest BCUT2D eigenvalue weighted by Crippen LogP contribution is 2.38. The van der Waals surface area contributed by atoms with E-state index in [0.29, 0.717) is 17.4 Å². The third-order valence-corrected chi connectivity index (χ3v) is 15.1. The first-order valence-electron chi connectivity index (χ1n) is 33.9. The first kappa shape index (κ1) is 80.2. The predicted octanol–water partition coefficient (Wildman–Crippen LogP) is 21.4. The molecule has 0 aliphatic carbocycles. The summed E-state index contributed by atoms with van der Waals surface area (Å²) in [5.74, 6) is -0.858. The Hall–Kier alpha value is -3.85. The summed E-state index contributed by atoms with van der Waals surface area (Å²) >= 11 is 0. The molecule has 10 heteroatoms. The molecular weight excluding hydrogens is 1060 g/mol. The number of carbonyl (C=O) groups excluding carboxylic acids is 2. The number of phosphoric ester groups is 1. The van der Waals surface area contributed by atoms with Crippen LogP contribution in [-0.2, 0) is 32.7 Å². The number of esters is 2. The number of ether oxygens (including phenoxy) is 2. The van der Waals surface area contributed by atoms with Crippen molar-refractivity contribution in [1.82, 2.24) is 0 Å². The van der Waals surface area contributed by atoms with Gasteiger partial charge < -0.3 is 27.9 Å². The molecular formula is C74H126NO8P. The Morgan fingerprint density at radius 1 is 0.381 bits per heavy atom. The van der Waals surface area contributed by atoms with Crippen LogP contribution in [0.25, 0.3) is 0 Å². The summed E-state index contributed by atoms with van der Waals surface area (Å²) in [4.78, 5) is 38.0. The molecule has 0 amide bonds. The average molecular weight is 1190 g/mol. The van der Waals surface area contributed by atoms with E-state index in [0.717, 1.165) is 116 Å². The molecule has 0 spiro atoms. The van der Waals surface area contributed by atoms with E-state index in [-0.39, 0.29) is 26.1 Å². The van der Waals surface area contributed by atoms with Crippen LogP contribution in [0.4, 0.5) is 0 Å². The van der Waals surface area contributed by atoms with Crippen molar-refractivity contribution < 1.29 is 42.1 Å². The van der Waals surface area contributed by atoms with Crippen LogP contribution in [-0.4, -0.2) is 70.0 Å². The summed E-state index contributed by atoms with van der Waals surface area (Å²) in [6.45, 7) is 4.10. The molecule has 0 fully saturated rings. The quantitative estimate of drug-likeness (QED) is 0.0195. The Kier molecular flexibility index (Phi) is 60.7. The minimum atomic E-state index is -4.66. The van der Waals surface area contributed by atoms with Gasteiger partial charge in [0.1, 0.15) is 19.8 Å². The highest BCUT2D eigenvalue weighted by Gasteiger charge is 2.22. The SMILES string of the molecule is CC/C=C\C/C=C\C/C=C\C/C=C\C/C=C\C/C=C\C/C=C\C/C=C\C/C=C\CCCCCCCC(=O)OC(COC(=O)CCCCCCCCCCCCCCCCC/C=C\C/C=C\CCCCCCC)COP(=O)([O-])OCC[N+](C)(C)C. The Balaban J connectivity index is 4.17. The molecule has 0 N–H and O–H groups in total. The smallest absolute Gasteiger partial charge is 0.306 e. The number of hydrogen-bond donors (Lipinski definition) is 0. The van der Waals surface area contributed by atoms with Gasteiger partial charge in [0.2, 0.25) is 0 Å². The fraction of sp³-hybridized carbons (Fsp3) is 0.676. The minimum absolute atomic E-state index is 0.0413. The van der Waals surface area contributed by atoms with Crippen LogP contribution < -0.4 is 4.89 Å². The molecule has 0 radical (unpaired) electrons. The first-order valence-corrected chi connectivity index (χ1v) is 35.4. The molecule has 84 heavy (non-hydrogen) atoms. The van der Waals surface area contributed by atoms with E-state index < -0.39 is 32.5 Å². The van der Waals surface area contributed by atoms with Crippen molar-refractivity contribution in [1.29, 1.82) is 0 Å². The zero-order valence-corrected chi connectivity index (χ0v) is 55.4. The summed E-state index contributed by atoms with van der Waals surface area (Å²) in [7, 11) is 1.14. The van der Waals surface area contributed by atoms with Crippen LogP contribution in [0.5, 0.6) is 0 Å². The molecule has 0 bridgehead atoms. The number of nitrogens with zero attached hydrogens (tertiary/aromatic N) is 1. The number of quaternary nitrogens is 1. The zero-order valence-electron chi connectivity index (χ0n) is 54.6. The van der Waals surface area contributed by atoms with Crippen LogP contribution in [0.3, 0.4) is 0 Å². The number of likely N-dealkylation sites (N-methyl/N-ethyl adjacent to an activating group) is 1. The predicted molar refractivity (Wildman–Crippen MR) is 360 cm³/mol. The average Bonchev–Trinajstić information content (AvgIpc) is 3.61. The first-order chi connectivity index (χ1) is 41.0. The summed E-state index contributed by atoms with van der Waals surface area (Å²) < 4.78 is 34.3. The van der Waals surface area contributed by atoms with Gasteiger partial charge in [-0.1, -0.05) is 276 Å². The summed E-state index contributed by atoms with van der Waals surface area (Å²) in [5, 5.41) is 0.